The van der Waals surface area contributed by atoms with E-state index >= 15 is 0 Å². The molecule has 0 saturated carbocycles. The Hall–Kier alpha value is -8.98. The van der Waals surface area contributed by atoms with Crippen LogP contribution in [-0.4, -0.2) is 0 Å². The third-order valence-electron chi connectivity index (χ3n) is 13.7. The van der Waals surface area contributed by atoms with Gasteiger partial charge in [-0.3, -0.25) is 0 Å². The number of hydrogen-bond donors (Lipinski definition) is 0. The average molecular weight is 881 g/mol. The molecule has 0 aliphatic heterocycles. The first-order chi connectivity index (χ1) is 34.2. The number of nitrogens with zero attached hydrogens (tertiary/aromatic N) is 2. The summed E-state index contributed by atoms with van der Waals surface area (Å²) in [4.78, 5) is 4.79. The molecule has 0 N–H and O–H groups in total. The Bertz CT molecular complexity index is 3380. The summed E-state index contributed by atoms with van der Waals surface area (Å²) in [5, 5.41) is 0. The number of rotatable bonds is 11. The van der Waals surface area contributed by atoms with Crippen LogP contribution >= 0.6 is 0 Å². The second kappa shape index (κ2) is 18.0. The van der Waals surface area contributed by atoms with E-state index in [-0.39, 0.29) is 0 Å². The Morgan fingerprint density at radius 3 is 0.928 bits per heavy atom. The van der Waals surface area contributed by atoms with Gasteiger partial charge in [0, 0.05) is 34.1 Å². The fourth-order valence-corrected chi connectivity index (χ4v) is 10.6. The molecule has 0 atom stereocenters. The molecule has 0 heterocycles. The highest BCUT2D eigenvalue weighted by Crippen LogP contribution is 2.56. The summed E-state index contributed by atoms with van der Waals surface area (Å²) >= 11 is 0. The van der Waals surface area contributed by atoms with Crippen LogP contribution in [0.5, 0.6) is 0 Å². The maximum Gasteiger partial charge on any atom is 0.0714 e. The van der Waals surface area contributed by atoms with Gasteiger partial charge in [-0.25, -0.2) is 0 Å². The highest BCUT2D eigenvalue weighted by Gasteiger charge is 2.46. The molecule has 11 aromatic rings. The van der Waals surface area contributed by atoms with E-state index in [4.69, 9.17) is 0 Å². The molecule has 0 unspecified atom stereocenters. The Morgan fingerprint density at radius 2 is 0.507 bits per heavy atom. The predicted molar refractivity (Wildman–Crippen MR) is 289 cm³/mol. The van der Waals surface area contributed by atoms with Gasteiger partial charge in [-0.05, 0) is 133 Å². The summed E-state index contributed by atoms with van der Waals surface area (Å²) in [7, 11) is 0. The van der Waals surface area contributed by atoms with Gasteiger partial charge in [-0.15, -0.1) is 0 Å². The number of benzene rings is 11. The van der Waals surface area contributed by atoms with Crippen LogP contribution in [0.1, 0.15) is 22.3 Å². The minimum Gasteiger partial charge on any atom is -0.310 e. The maximum atomic E-state index is 2.42. The number of hydrogen-bond acceptors (Lipinski definition) is 2. The van der Waals surface area contributed by atoms with E-state index in [1.165, 1.54) is 66.8 Å². The first kappa shape index (κ1) is 41.5. The Balaban J connectivity index is 1.03. The second-order valence-electron chi connectivity index (χ2n) is 17.7. The molecule has 1 aliphatic rings. The molecule has 0 saturated heterocycles. The van der Waals surface area contributed by atoms with Crippen molar-refractivity contribution in [1.29, 1.82) is 0 Å². The Morgan fingerprint density at radius 1 is 0.203 bits per heavy atom. The zero-order chi connectivity index (χ0) is 46.0. The van der Waals surface area contributed by atoms with E-state index in [2.05, 4.69) is 301 Å². The van der Waals surface area contributed by atoms with Gasteiger partial charge >= 0.3 is 0 Å². The standard InChI is InChI=1S/C67H48N2/c1-5-19-49(20-6-1)52-35-41-57(42-36-52)68(58-43-37-53(38-44-58)50-21-7-2-8-22-50)61-29-18-30-62(48-61)69(59-45-39-54(40-46-59)51-23-9-3-10-24-51)60-28-17-27-56(47-60)67(55-25-11-4-12-26-55)65-33-15-13-31-63(65)64-32-14-16-34-66(64)67/h1-48H. The highest BCUT2D eigenvalue weighted by molar-refractivity contribution is 5.89. The Kier molecular flexibility index (Phi) is 10.8. The highest BCUT2D eigenvalue weighted by atomic mass is 15.2. The topological polar surface area (TPSA) is 6.48 Å². The lowest BCUT2D eigenvalue weighted by Gasteiger charge is -2.35. The molecular formula is C67H48N2. The van der Waals surface area contributed by atoms with Gasteiger partial charge in [0.15, 0.2) is 0 Å². The molecule has 326 valence electrons. The molecule has 0 amide bonds. The van der Waals surface area contributed by atoms with Crippen molar-refractivity contribution in [3.63, 3.8) is 0 Å². The summed E-state index contributed by atoms with van der Waals surface area (Å²) in [6, 6.07) is 106. The van der Waals surface area contributed by atoms with E-state index in [1.54, 1.807) is 0 Å². The van der Waals surface area contributed by atoms with E-state index in [0.717, 1.165) is 34.1 Å². The average Bonchev–Trinajstić information content (AvgIpc) is 3.74. The van der Waals surface area contributed by atoms with Crippen LogP contribution < -0.4 is 9.80 Å². The predicted octanol–water partition coefficient (Wildman–Crippen LogP) is 18.0. The smallest absolute Gasteiger partial charge is 0.0714 e. The zero-order valence-corrected chi connectivity index (χ0v) is 38.1. The van der Waals surface area contributed by atoms with Crippen molar-refractivity contribution < 1.29 is 0 Å². The SMILES string of the molecule is c1ccc(-c2ccc(N(c3ccc(-c4ccccc4)cc3)c3cccc(N(c4ccc(-c5ccccc5)cc4)c4cccc(C5(c6ccccc6)c6ccccc6-c6ccccc65)c4)c3)cc2)cc1. The monoisotopic (exact) mass is 880 g/mol. The molecule has 2 nitrogen and oxygen atoms in total. The van der Waals surface area contributed by atoms with Crippen LogP contribution in [0.15, 0.2) is 291 Å². The van der Waals surface area contributed by atoms with Gasteiger partial charge in [0.1, 0.15) is 0 Å². The van der Waals surface area contributed by atoms with E-state index in [1.807, 2.05) is 0 Å². The molecule has 2 heteroatoms. The van der Waals surface area contributed by atoms with Crippen molar-refractivity contribution in [2.75, 3.05) is 9.80 Å². The van der Waals surface area contributed by atoms with Crippen molar-refractivity contribution in [3.05, 3.63) is 313 Å². The maximum absolute atomic E-state index is 2.42. The molecule has 1 aliphatic carbocycles. The van der Waals surface area contributed by atoms with Crippen LogP contribution in [0.25, 0.3) is 44.5 Å². The first-order valence-corrected chi connectivity index (χ1v) is 23.7. The van der Waals surface area contributed by atoms with Crippen LogP contribution in [0.3, 0.4) is 0 Å². The molecule has 0 fully saturated rings. The first-order valence-electron chi connectivity index (χ1n) is 23.7. The molecule has 0 radical (unpaired) electrons. The van der Waals surface area contributed by atoms with Gasteiger partial charge in [0.05, 0.1) is 5.41 Å². The van der Waals surface area contributed by atoms with Crippen LogP contribution in [0, 0.1) is 0 Å². The summed E-state index contributed by atoms with van der Waals surface area (Å²) in [5.41, 5.74) is 20.5. The number of fused-ring (bicyclic) bond motifs is 3. The zero-order valence-electron chi connectivity index (χ0n) is 38.1. The molecule has 11 aromatic carbocycles. The van der Waals surface area contributed by atoms with Crippen molar-refractivity contribution in [3.8, 4) is 44.5 Å². The largest absolute Gasteiger partial charge is 0.310 e. The molecule has 0 aromatic heterocycles. The van der Waals surface area contributed by atoms with Gasteiger partial charge in [0.2, 0.25) is 0 Å². The van der Waals surface area contributed by atoms with E-state index < -0.39 is 5.41 Å². The van der Waals surface area contributed by atoms with E-state index in [0.29, 0.717) is 0 Å². The lowest BCUT2D eigenvalue weighted by molar-refractivity contribution is 0.768. The lowest BCUT2D eigenvalue weighted by Crippen LogP contribution is -2.28. The Labute approximate surface area is 405 Å². The third kappa shape index (κ3) is 7.59. The van der Waals surface area contributed by atoms with E-state index in [9.17, 15) is 0 Å². The number of anilines is 6. The minimum atomic E-state index is -0.538. The summed E-state index contributed by atoms with van der Waals surface area (Å²) < 4.78 is 0. The van der Waals surface area contributed by atoms with Gasteiger partial charge < -0.3 is 9.80 Å². The minimum absolute atomic E-state index is 0.538. The molecule has 0 bridgehead atoms. The third-order valence-corrected chi connectivity index (χ3v) is 13.7. The van der Waals surface area contributed by atoms with Gasteiger partial charge in [-0.2, -0.15) is 0 Å². The lowest BCUT2D eigenvalue weighted by atomic mass is 9.67. The fraction of sp³-hybridized carbons (Fsp3) is 0.0149. The molecule has 12 rings (SSSR count). The fourth-order valence-electron chi connectivity index (χ4n) is 10.6. The second-order valence-corrected chi connectivity index (χ2v) is 17.7. The van der Waals surface area contributed by atoms with Crippen molar-refractivity contribution in [2.45, 2.75) is 5.41 Å². The van der Waals surface area contributed by atoms with Crippen molar-refractivity contribution in [2.24, 2.45) is 0 Å². The van der Waals surface area contributed by atoms with Crippen LogP contribution in [0.2, 0.25) is 0 Å². The van der Waals surface area contributed by atoms with Gasteiger partial charge in [-0.1, -0.05) is 224 Å². The quantitative estimate of drug-likeness (QED) is 0.128. The van der Waals surface area contributed by atoms with Crippen molar-refractivity contribution in [1.82, 2.24) is 0 Å². The normalized spacial score (nSPS) is 12.2. The summed E-state index contributed by atoms with van der Waals surface area (Å²) in [6.07, 6.45) is 0. The van der Waals surface area contributed by atoms with Crippen LogP contribution in [-0.2, 0) is 5.41 Å². The molecular weight excluding hydrogens is 833 g/mol. The van der Waals surface area contributed by atoms with Gasteiger partial charge in [0.25, 0.3) is 0 Å². The van der Waals surface area contributed by atoms with Crippen LogP contribution in [0.4, 0.5) is 34.1 Å². The summed E-state index contributed by atoms with van der Waals surface area (Å²) in [5.74, 6) is 0. The molecule has 0 spiro atoms. The van der Waals surface area contributed by atoms with Crippen molar-refractivity contribution >= 4 is 34.1 Å². The summed E-state index contributed by atoms with van der Waals surface area (Å²) in [6.45, 7) is 0. The molecule has 69 heavy (non-hydrogen) atoms.